The molecule has 0 radical (unpaired) electrons. The zero-order valence-electron chi connectivity index (χ0n) is 12.1. The fourth-order valence-electron chi connectivity index (χ4n) is 2.87. The Morgan fingerprint density at radius 3 is 2.95 bits per heavy atom. The van der Waals surface area contributed by atoms with Crippen LogP contribution >= 0.6 is 0 Å². The molecule has 0 aliphatic carbocycles. The summed E-state index contributed by atoms with van der Waals surface area (Å²) in [6.07, 6.45) is 8.30. The normalized spacial score (nSPS) is 23.2. The van der Waals surface area contributed by atoms with Crippen LogP contribution in [0.15, 0.2) is 23.8 Å². The number of carbonyl (C=O) groups excluding carboxylic acids is 2. The van der Waals surface area contributed by atoms with Crippen LogP contribution in [0.4, 0.5) is 0 Å². The molecule has 21 heavy (non-hydrogen) atoms. The van der Waals surface area contributed by atoms with Crippen LogP contribution in [0.1, 0.15) is 31.7 Å². The smallest absolute Gasteiger partial charge is 0.270 e. The molecule has 0 bridgehead atoms. The molecule has 112 valence electrons. The number of amides is 2. The first-order chi connectivity index (χ1) is 10.1. The molecule has 1 aromatic rings. The molecule has 2 amide bonds. The minimum absolute atomic E-state index is 0.0403. The van der Waals surface area contributed by atoms with Gasteiger partial charge in [0.15, 0.2) is 0 Å². The lowest BCUT2D eigenvalue weighted by molar-refractivity contribution is -0.131. The van der Waals surface area contributed by atoms with Gasteiger partial charge in [-0.2, -0.15) is 5.10 Å². The highest BCUT2D eigenvalue weighted by atomic mass is 16.2. The Morgan fingerprint density at radius 1 is 1.38 bits per heavy atom. The summed E-state index contributed by atoms with van der Waals surface area (Å²) in [6, 6.07) is 0.272. The third kappa shape index (κ3) is 2.81. The number of aromatic nitrogens is 2. The molecule has 1 saturated heterocycles. The summed E-state index contributed by atoms with van der Waals surface area (Å²) >= 11 is 0. The lowest BCUT2D eigenvalue weighted by Gasteiger charge is -2.34. The van der Waals surface area contributed by atoms with Gasteiger partial charge in [-0.1, -0.05) is 0 Å². The van der Waals surface area contributed by atoms with E-state index in [1.54, 1.807) is 19.6 Å². The summed E-state index contributed by atoms with van der Waals surface area (Å²) < 4.78 is 2.05. The number of hydrogen-bond donors (Lipinski definition) is 0. The fraction of sp³-hybridized carbons (Fsp3) is 0.571. The van der Waals surface area contributed by atoms with Crippen LogP contribution in [0.5, 0.6) is 0 Å². The first-order valence-electron chi connectivity index (χ1n) is 7.26. The Kier molecular flexibility index (Phi) is 3.72. The molecule has 0 saturated carbocycles. The summed E-state index contributed by atoms with van der Waals surface area (Å²) in [7, 11) is 1.60. The number of likely N-dealkylation sites (tertiary alicyclic amines) is 1. The molecule has 0 N–H and O–H groups in total. The van der Waals surface area contributed by atoms with E-state index in [1.807, 2.05) is 11.1 Å². The largest absolute Gasteiger partial charge is 0.335 e. The Morgan fingerprint density at radius 2 is 2.24 bits per heavy atom. The summed E-state index contributed by atoms with van der Waals surface area (Å²) in [4.78, 5) is 29.9. The van der Waals surface area contributed by atoms with Gasteiger partial charge in [-0.25, -0.2) is 9.99 Å². The monoisotopic (exact) mass is 289 g/mol. The summed E-state index contributed by atoms with van der Waals surface area (Å²) in [6.45, 7) is 1.42. The number of nitrogens with zero attached hydrogens (tertiary/aromatic N) is 5. The highest BCUT2D eigenvalue weighted by molar-refractivity contribution is 6.39. The standard InChI is InChI=1S/C14H19N5O2/c1-17-13(20)5-4-12(16-17)14(21)18-7-2-3-11(9-18)19-8-6-15-10-19/h6,8,10-11H,2-5,7,9H2,1H3/t11-/m1/s1. The average Bonchev–Trinajstić information content (AvgIpc) is 3.04. The summed E-state index contributed by atoms with van der Waals surface area (Å²) in [5.41, 5.74) is 0.489. The molecule has 2 aliphatic heterocycles. The van der Waals surface area contributed by atoms with Crippen LogP contribution in [-0.2, 0) is 9.59 Å². The van der Waals surface area contributed by atoms with Crippen molar-refractivity contribution in [3.05, 3.63) is 18.7 Å². The third-order valence-electron chi connectivity index (χ3n) is 4.08. The highest BCUT2D eigenvalue weighted by Gasteiger charge is 2.29. The maximum atomic E-state index is 12.6. The topological polar surface area (TPSA) is 70.8 Å². The predicted octanol–water partition coefficient (Wildman–Crippen LogP) is 0.655. The Hall–Kier alpha value is -2.18. The molecule has 3 heterocycles. The maximum Gasteiger partial charge on any atom is 0.270 e. The second-order valence-electron chi connectivity index (χ2n) is 5.52. The van der Waals surface area contributed by atoms with Crippen molar-refractivity contribution in [1.29, 1.82) is 0 Å². The van der Waals surface area contributed by atoms with Gasteiger partial charge in [-0.15, -0.1) is 0 Å². The molecule has 7 nitrogen and oxygen atoms in total. The SMILES string of the molecule is CN1N=C(C(=O)N2CCC[C@@H](n3ccnc3)C2)CCC1=O. The van der Waals surface area contributed by atoms with E-state index >= 15 is 0 Å². The molecular weight excluding hydrogens is 270 g/mol. The van der Waals surface area contributed by atoms with Crippen molar-refractivity contribution in [1.82, 2.24) is 19.5 Å². The van der Waals surface area contributed by atoms with Gasteiger partial charge in [-0.3, -0.25) is 9.59 Å². The van der Waals surface area contributed by atoms with Crippen molar-refractivity contribution in [2.75, 3.05) is 20.1 Å². The van der Waals surface area contributed by atoms with E-state index in [2.05, 4.69) is 14.7 Å². The number of carbonyl (C=O) groups is 2. The van der Waals surface area contributed by atoms with E-state index in [0.29, 0.717) is 25.1 Å². The van der Waals surface area contributed by atoms with Crippen LogP contribution < -0.4 is 0 Å². The molecule has 3 rings (SSSR count). The predicted molar refractivity (Wildman–Crippen MR) is 76.5 cm³/mol. The molecule has 1 fully saturated rings. The van der Waals surface area contributed by atoms with Gasteiger partial charge in [-0.05, 0) is 12.8 Å². The minimum Gasteiger partial charge on any atom is -0.335 e. The lowest BCUT2D eigenvalue weighted by atomic mass is 10.0. The van der Waals surface area contributed by atoms with Crippen LogP contribution in [0.3, 0.4) is 0 Å². The van der Waals surface area contributed by atoms with Crippen molar-refractivity contribution in [2.24, 2.45) is 5.10 Å². The van der Waals surface area contributed by atoms with E-state index in [0.717, 1.165) is 19.4 Å². The van der Waals surface area contributed by atoms with Gasteiger partial charge in [0.05, 0.1) is 12.4 Å². The van der Waals surface area contributed by atoms with Crippen molar-refractivity contribution in [2.45, 2.75) is 31.7 Å². The number of piperidine rings is 1. The van der Waals surface area contributed by atoms with Crippen LogP contribution in [0.2, 0.25) is 0 Å². The van der Waals surface area contributed by atoms with Crippen molar-refractivity contribution < 1.29 is 9.59 Å². The van der Waals surface area contributed by atoms with Crippen molar-refractivity contribution >= 4 is 17.5 Å². The first-order valence-corrected chi connectivity index (χ1v) is 7.26. The number of hydrogen-bond acceptors (Lipinski definition) is 4. The molecular formula is C14H19N5O2. The molecule has 1 atom stereocenters. The van der Waals surface area contributed by atoms with E-state index in [1.165, 1.54) is 5.01 Å². The van der Waals surface area contributed by atoms with E-state index in [-0.39, 0.29) is 17.9 Å². The second kappa shape index (κ2) is 5.67. The van der Waals surface area contributed by atoms with Gasteiger partial charge >= 0.3 is 0 Å². The van der Waals surface area contributed by atoms with Gasteiger partial charge < -0.3 is 9.47 Å². The number of hydrazone groups is 1. The van der Waals surface area contributed by atoms with E-state index in [4.69, 9.17) is 0 Å². The molecule has 0 unspecified atom stereocenters. The Bertz CT molecular complexity index is 566. The first kappa shape index (κ1) is 13.8. The van der Waals surface area contributed by atoms with Gasteiger partial charge in [0.2, 0.25) is 5.91 Å². The van der Waals surface area contributed by atoms with Crippen molar-refractivity contribution in [3.63, 3.8) is 0 Å². The summed E-state index contributed by atoms with van der Waals surface area (Å²) in [5, 5.41) is 5.39. The average molecular weight is 289 g/mol. The highest BCUT2D eigenvalue weighted by Crippen LogP contribution is 2.22. The lowest BCUT2D eigenvalue weighted by Crippen LogP contribution is -2.45. The Labute approximate surface area is 123 Å². The van der Waals surface area contributed by atoms with Gasteiger partial charge in [0.1, 0.15) is 5.71 Å². The second-order valence-corrected chi connectivity index (χ2v) is 5.52. The number of imidazole rings is 1. The molecule has 0 spiro atoms. The summed E-state index contributed by atoms with van der Waals surface area (Å²) in [5.74, 6) is -0.0827. The Balaban J connectivity index is 1.70. The van der Waals surface area contributed by atoms with Crippen LogP contribution in [0, 0.1) is 0 Å². The van der Waals surface area contributed by atoms with Crippen molar-refractivity contribution in [3.8, 4) is 0 Å². The fourth-order valence-corrected chi connectivity index (χ4v) is 2.87. The maximum absolute atomic E-state index is 12.6. The van der Waals surface area contributed by atoms with E-state index in [9.17, 15) is 9.59 Å². The van der Waals surface area contributed by atoms with Gasteiger partial charge in [0, 0.05) is 45.4 Å². The molecule has 0 aromatic carbocycles. The minimum atomic E-state index is -0.0424. The zero-order chi connectivity index (χ0) is 14.8. The number of rotatable bonds is 2. The molecule has 1 aromatic heterocycles. The molecule has 7 heteroatoms. The quantitative estimate of drug-likeness (QED) is 0.803. The third-order valence-corrected chi connectivity index (χ3v) is 4.08. The van der Waals surface area contributed by atoms with Crippen LogP contribution in [-0.4, -0.2) is 57.1 Å². The van der Waals surface area contributed by atoms with Gasteiger partial charge in [0.25, 0.3) is 5.91 Å². The van der Waals surface area contributed by atoms with E-state index < -0.39 is 0 Å². The zero-order valence-corrected chi connectivity index (χ0v) is 12.1. The molecule has 2 aliphatic rings. The van der Waals surface area contributed by atoms with Crippen LogP contribution in [0.25, 0.3) is 0 Å².